The van der Waals surface area contributed by atoms with Crippen molar-refractivity contribution >= 4 is 5.97 Å². The van der Waals surface area contributed by atoms with E-state index in [-0.39, 0.29) is 12.2 Å². The maximum absolute atomic E-state index is 11.6. The molecule has 3 heteroatoms. The number of rotatable bonds is 13. The monoisotopic (exact) mass is 312 g/mol. The lowest BCUT2D eigenvalue weighted by atomic mass is 10.1. The summed E-state index contributed by atoms with van der Waals surface area (Å²) in [5, 5.41) is 0. The minimum absolute atomic E-state index is 0.127. The van der Waals surface area contributed by atoms with Gasteiger partial charge in [-0.3, -0.25) is 4.48 Å². The molecule has 1 unspecified atom stereocenters. The van der Waals surface area contributed by atoms with Crippen LogP contribution >= 0.6 is 0 Å². The number of hydrogen-bond acceptors (Lipinski definition) is 2. The molecule has 0 rings (SSSR count). The standard InChI is InChI=1S/C19H38NO2/c1-7-8-9-10-11-12-13-14-15-16-20(5,6)18(4)22-19(21)17(2)3/h18H,2,7-16H2,1,3-6H3/q+1. The summed E-state index contributed by atoms with van der Waals surface area (Å²) < 4.78 is 6.16. The second kappa shape index (κ2) is 11.7. The fourth-order valence-electron chi connectivity index (χ4n) is 2.41. The lowest BCUT2D eigenvalue weighted by Gasteiger charge is -2.35. The highest BCUT2D eigenvalue weighted by Crippen LogP contribution is 2.14. The molecule has 0 heterocycles. The van der Waals surface area contributed by atoms with Gasteiger partial charge in [0.25, 0.3) is 0 Å². The van der Waals surface area contributed by atoms with Crippen molar-refractivity contribution in [3.63, 3.8) is 0 Å². The van der Waals surface area contributed by atoms with E-state index in [0.29, 0.717) is 5.57 Å². The van der Waals surface area contributed by atoms with Crippen LogP contribution in [0.1, 0.15) is 78.6 Å². The van der Waals surface area contributed by atoms with Gasteiger partial charge in [-0.05, 0) is 19.8 Å². The molecule has 0 bridgehead atoms. The molecule has 0 aromatic carbocycles. The van der Waals surface area contributed by atoms with Gasteiger partial charge in [-0.2, -0.15) is 0 Å². The van der Waals surface area contributed by atoms with Crippen LogP contribution in [0.2, 0.25) is 0 Å². The van der Waals surface area contributed by atoms with Crippen LogP contribution in [0.3, 0.4) is 0 Å². The van der Waals surface area contributed by atoms with E-state index in [1.165, 1.54) is 57.8 Å². The zero-order chi connectivity index (χ0) is 17.0. The minimum Gasteiger partial charge on any atom is -0.409 e. The van der Waals surface area contributed by atoms with Gasteiger partial charge in [0.1, 0.15) is 0 Å². The topological polar surface area (TPSA) is 26.3 Å². The van der Waals surface area contributed by atoms with Crippen molar-refractivity contribution in [2.24, 2.45) is 0 Å². The van der Waals surface area contributed by atoms with Crippen molar-refractivity contribution < 1.29 is 14.0 Å². The van der Waals surface area contributed by atoms with Crippen molar-refractivity contribution in [2.75, 3.05) is 20.6 Å². The Labute approximate surface area is 138 Å². The SMILES string of the molecule is C=C(C)C(=O)OC(C)[N+](C)(C)CCCCCCCCCCC. The summed E-state index contributed by atoms with van der Waals surface area (Å²) >= 11 is 0. The molecule has 0 aliphatic carbocycles. The lowest BCUT2D eigenvalue weighted by molar-refractivity contribution is -0.932. The van der Waals surface area contributed by atoms with Gasteiger partial charge in [0.2, 0.25) is 6.23 Å². The summed E-state index contributed by atoms with van der Waals surface area (Å²) in [5.74, 6) is -0.286. The van der Waals surface area contributed by atoms with Crippen LogP contribution in [0.5, 0.6) is 0 Å². The zero-order valence-corrected chi connectivity index (χ0v) is 15.6. The molecule has 0 amide bonds. The third kappa shape index (κ3) is 9.99. The van der Waals surface area contributed by atoms with E-state index >= 15 is 0 Å². The Balaban J connectivity index is 3.75. The van der Waals surface area contributed by atoms with Crippen LogP contribution in [0, 0.1) is 0 Å². The van der Waals surface area contributed by atoms with Crippen LogP contribution in [0.25, 0.3) is 0 Å². The fraction of sp³-hybridized carbons (Fsp3) is 0.842. The average Bonchev–Trinajstić information content (AvgIpc) is 2.45. The van der Waals surface area contributed by atoms with E-state index in [4.69, 9.17) is 4.74 Å². The average molecular weight is 313 g/mol. The smallest absolute Gasteiger partial charge is 0.337 e. The van der Waals surface area contributed by atoms with Crippen molar-refractivity contribution in [1.29, 1.82) is 0 Å². The Bertz CT molecular complexity index is 323. The molecular weight excluding hydrogens is 274 g/mol. The Kier molecular flexibility index (Phi) is 11.3. The number of nitrogens with zero attached hydrogens (tertiary/aromatic N) is 1. The fourth-order valence-corrected chi connectivity index (χ4v) is 2.41. The van der Waals surface area contributed by atoms with Crippen molar-refractivity contribution in [1.82, 2.24) is 0 Å². The van der Waals surface area contributed by atoms with Gasteiger partial charge >= 0.3 is 5.97 Å². The second-order valence-corrected chi connectivity index (χ2v) is 7.12. The summed E-state index contributed by atoms with van der Waals surface area (Å²) in [6, 6.07) is 0. The molecule has 0 radical (unpaired) electrons. The molecule has 0 aliphatic rings. The first-order valence-electron chi connectivity index (χ1n) is 9.00. The predicted octanol–water partition coefficient (Wildman–Crippen LogP) is 5.06. The summed E-state index contributed by atoms with van der Waals surface area (Å²) in [6.45, 7) is 10.6. The molecule has 22 heavy (non-hydrogen) atoms. The lowest BCUT2D eigenvalue weighted by Crippen LogP contribution is -2.50. The van der Waals surface area contributed by atoms with Gasteiger partial charge < -0.3 is 4.74 Å². The Morgan fingerprint density at radius 2 is 1.45 bits per heavy atom. The number of unbranched alkanes of at least 4 members (excludes halogenated alkanes) is 8. The maximum atomic E-state index is 11.6. The van der Waals surface area contributed by atoms with Gasteiger partial charge in [-0.1, -0.05) is 58.4 Å². The van der Waals surface area contributed by atoms with Crippen LogP contribution in [0.15, 0.2) is 12.2 Å². The van der Waals surface area contributed by atoms with E-state index in [2.05, 4.69) is 27.6 Å². The number of quaternary nitrogens is 1. The number of ether oxygens (including phenoxy) is 1. The molecule has 0 spiro atoms. The van der Waals surface area contributed by atoms with Gasteiger partial charge in [0.05, 0.1) is 20.6 Å². The van der Waals surface area contributed by atoms with Crippen molar-refractivity contribution in [3.05, 3.63) is 12.2 Å². The molecule has 0 saturated carbocycles. The van der Waals surface area contributed by atoms with Crippen LogP contribution in [-0.4, -0.2) is 37.3 Å². The Morgan fingerprint density at radius 1 is 1.00 bits per heavy atom. The van der Waals surface area contributed by atoms with E-state index < -0.39 is 0 Å². The van der Waals surface area contributed by atoms with E-state index in [9.17, 15) is 4.79 Å². The number of esters is 1. The van der Waals surface area contributed by atoms with Crippen molar-refractivity contribution in [2.45, 2.75) is 84.8 Å². The summed E-state index contributed by atoms with van der Waals surface area (Å²) in [7, 11) is 4.25. The predicted molar refractivity (Wildman–Crippen MR) is 94.6 cm³/mol. The molecule has 0 saturated heterocycles. The van der Waals surface area contributed by atoms with Gasteiger partial charge in [-0.25, -0.2) is 4.79 Å². The zero-order valence-electron chi connectivity index (χ0n) is 15.6. The van der Waals surface area contributed by atoms with E-state index in [1.54, 1.807) is 6.92 Å². The van der Waals surface area contributed by atoms with E-state index in [0.717, 1.165) is 11.0 Å². The highest BCUT2D eigenvalue weighted by atomic mass is 16.6. The molecule has 3 nitrogen and oxygen atoms in total. The van der Waals surface area contributed by atoms with Crippen molar-refractivity contribution in [3.8, 4) is 0 Å². The summed E-state index contributed by atoms with van der Waals surface area (Å²) in [4.78, 5) is 11.6. The van der Waals surface area contributed by atoms with E-state index in [1.807, 2.05) is 6.92 Å². The normalized spacial score (nSPS) is 13.0. The Morgan fingerprint density at radius 3 is 1.91 bits per heavy atom. The molecular formula is C19H38NO2+. The van der Waals surface area contributed by atoms with Gasteiger partial charge in [-0.15, -0.1) is 0 Å². The number of carbonyl (C=O) groups excluding carboxylic acids is 1. The van der Waals surface area contributed by atoms with Crippen LogP contribution < -0.4 is 0 Å². The molecule has 0 aromatic heterocycles. The molecule has 0 fully saturated rings. The molecule has 0 N–H and O–H groups in total. The highest BCUT2D eigenvalue weighted by Gasteiger charge is 2.26. The second-order valence-electron chi connectivity index (χ2n) is 7.12. The number of carbonyl (C=O) groups is 1. The Hall–Kier alpha value is -0.830. The molecule has 0 aromatic rings. The first-order chi connectivity index (χ1) is 10.3. The molecule has 130 valence electrons. The largest absolute Gasteiger partial charge is 0.409 e. The third-order valence-electron chi connectivity index (χ3n) is 4.45. The van der Waals surface area contributed by atoms with Crippen LogP contribution in [-0.2, 0) is 9.53 Å². The quantitative estimate of drug-likeness (QED) is 0.156. The third-order valence-corrected chi connectivity index (χ3v) is 4.45. The van der Waals surface area contributed by atoms with Gasteiger partial charge in [0, 0.05) is 12.5 Å². The molecule has 1 atom stereocenters. The first-order valence-corrected chi connectivity index (χ1v) is 9.00. The number of hydrogen-bond donors (Lipinski definition) is 0. The van der Waals surface area contributed by atoms with Gasteiger partial charge in [0.15, 0.2) is 0 Å². The summed E-state index contributed by atoms with van der Waals surface area (Å²) in [5.41, 5.74) is 0.468. The minimum atomic E-state index is -0.286. The van der Waals surface area contributed by atoms with Crippen LogP contribution in [0.4, 0.5) is 0 Å². The summed E-state index contributed by atoms with van der Waals surface area (Å²) in [6.07, 6.45) is 11.9. The highest BCUT2D eigenvalue weighted by molar-refractivity contribution is 5.86. The maximum Gasteiger partial charge on any atom is 0.337 e. The first kappa shape index (κ1) is 21.2. The molecule has 0 aliphatic heterocycles.